The van der Waals surface area contributed by atoms with E-state index in [9.17, 15) is 5.26 Å². The summed E-state index contributed by atoms with van der Waals surface area (Å²) in [5.41, 5.74) is 11.4. The zero-order valence-electron chi connectivity index (χ0n) is 29.6. The molecule has 0 saturated heterocycles. The Kier molecular flexibility index (Phi) is 6.10. The van der Waals surface area contributed by atoms with E-state index >= 15 is 0 Å². The van der Waals surface area contributed by atoms with E-state index in [1.54, 1.807) is 0 Å². The Morgan fingerprint density at radius 2 is 1.02 bits per heavy atom. The Hall–Kier alpha value is -8.06. The van der Waals surface area contributed by atoms with Crippen molar-refractivity contribution in [3.05, 3.63) is 175 Å². The van der Waals surface area contributed by atoms with Crippen molar-refractivity contribution < 1.29 is 8.83 Å². The molecule has 8 aromatic carbocycles. The van der Waals surface area contributed by atoms with E-state index < -0.39 is 0 Å². The van der Waals surface area contributed by atoms with Gasteiger partial charge in [-0.2, -0.15) is 5.26 Å². The van der Waals surface area contributed by atoms with Crippen LogP contribution >= 0.6 is 0 Å². The third-order valence-corrected chi connectivity index (χ3v) is 11.3. The second-order valence-corrected chi connectivity index (χ2v) is 14.3. The molecule has 0 saturated carbocycles. The SMILES string of the molecule is [C-]#[N+]c1cc(-c2cccc(C#N)c2-n2c3ccccc3c3cc4c(cc32)oc2ccccc24)cc(-n2c3ccccc3c3cc4c(cc32)oc2ccccc24)c1. The summed E-state index contributed by atoms with van der Waals surface area (Å²) >= 11 is 0. The molecule has 0 fully saturated rings. The zero-order chi connectivity index (χ0) is 37.1. The van der Waals surface area contributed by atoms with E-state index in [1.807, 2.05) is 78.9 Å². The van der Waals surface area contributed by atoms with Crippen LogP contribution in [0.25, 0.3) is 115 Å². The van der Waals surface area contributed by atoms with Crippen molar-refractivity contribution in [2.24, 2.45) is 0 Å². The van der Waals surface area contributed by atoms with E-state index in [1.165, 1.54) is 0 Å². The summed E-state index contributed by atoms with van der Waals surface area (Å²) in [5.74, 6) is 0. The molecule has 0 unspecified atom stereocenters. The maximum absolute atomic E-state index is 10.7. The Morgan fingerprint density at radius 3 is 1.62 bits per heavy atom. The van der Waals surface area contributed by atoms with Crippen molar-refractivity contribution >= 4 is 93.2 Å². The summed E-state index contributed by atoms with van der Waals surface area (Å²) in [6.45, 7) is 8.26. The van der Waals surface area contributed by atoms with Crippen molar-refractivity contribution in [3.63, 3.8) is 0 Å². The lowest BCUT2D eigenvalue weighted by molar-refractivity contribution is 0.669. The fraction of sp³-hybridized carbons (Fsp3) is 0. The normalized spacial score (nSPS) is 11.9. The van der Waals surface area contributed by atoms with Gasteiger partial charge < -0.3 is 18.0 Å². The molecule has 12 aromatic rings. The summed E-state index contributed by atoms with van der Waals surface area (Å²) in [6, 6.07) is 55.9. The highest BCUT2D eigenvalue weighted by Gasteiger charge is 2.23. The molecule has 12 rings (SSSR count). The van der Waals surface area contributed by atoms with Crippen LogP contribution in [0.3, 0.4) is 0 Å². The first-order valence-electron chi connectivity index (χ1n) is 18.4. The second-order valence-electron chi connectivity index (χ2n) is 14.3. The molecule has 0 bridgehead atoms. The molecule has 56 heavy (non-hydrogen) atoms. The molecule has 0 radical (unpaired) electrons. The van der Waals surface area contributed by atoms with E-state index in [4.69, 9.17) is 15.4 Å². The average Bonchev–Trinajstić information content (AvgIpc) is 3.98. The van der Waals surface area contributed by atoms with Crippen molar-refractivity contribution in [3.8, 4) is 28.6 Å². The Labute approximate surface area is 318 Å². The third kappa shape index (κ3) is 4.13. The van der Waals surface area contributed by atoms with Gasteiger partial charge in [0.25, 0.3) is 0 Å². The number of rotatable bonds is 3. The number of hydrogen-bond acceptors (Lipinski definition) is 3. The van der Waals surface area contributed by atoms with Crippen LogP contribution in [-0.2, 0) is 0 Å². The number of furan rings is 2. The average molecular weight is 715 g/mol. The zero-order valence-corrected chi connectivity index (χ0v) is 29.6. The summed E-state index contributed by atoms with van der Waals surface area (Å²) in [7, 11) is 0. The first kappa shape index (κ1) is 30.4. The molecule has 0 spiro atoms. The number of para-hydroxylation sites is 5. The molecular formula is C50H26N4O2. The van der Waals surface area contributed by atoms with Crippen molar-refractivity contribution in [2.75, 3.05) is 0 Å². The van der Waals surface area contributed by atoms with Gasteiger partial charge in [-0.25, -0.2) is 4.85 Å². The number of fused-ring (bicyclic) bond motifs is 12. The summed E-state index contributed by atoms with van der Waals surface area (Å²) in [5, 5.41) is 19.3. The maximum Gasteiger partial charge on any atom is 0.189 e. The number of aromatic nitrogens is 2. The smallest absolute Gasteiger partial charge is 0.189 e. The van der Waals surface area contributed by atoms with Gasteiger partial charge in [-0.3, -0.25) is 0 Å². The topological polar surface area (TPSA) is 64.3 Å². The molecule has 4 aromatic heterocycles. The van der Waals surface area contributed by atoms with E-state index in [-0.39, 0.29) is 0 Å². The van der Waals surface area contributed by atoms with Gasteiger partial charge in [0.1, 0.15) is 28.4 Å². The van der Waals surface area contributed by atoms with Crippen molar-refractivity contribution in [2.45, 2.75) is 0 Å². The molecule has 6 nitrogen and oxygen atoms in total. The first-order valence-corrected chi connectivity index (χ1v) is 18.4. The summed E-state index contributed by atoms with van der Waals surface area (Å²) < 4.78 is 17.2. The van der Waals surface area contributed by atoms with Crippen LogP contribution in [0.2, 0.25) is 0 Å². The monoisotopic (exact) mass is 714 g/mol. The predicted octanol–water partition coefficient (Wildman–Crippen LogP) is 13.8. The first-order chi connectivity index (χ1) is 27.7. The fourth-order valence-corrected chi connectivity index (χ4v) is 8.95. The number of hydrogen-bond donors (Lipinski definition) is 0. The van der Waals surface area contributed by atoms with Crippen LogP contribution in [0.5, 0.6) is 0 Å². The van der Waals surface area contributed by atoms with E-state index in [0.717, 1.165) is 110 Å². The largest absolute Gasteiger partial charge is 0.456 e. The molecule has 4 heterocycles. The molecule has 0 N–H and O–H groups in total. The van der Waals surface area contributed by atoms with E-state index in [0.29, 0.717) is 11.3 Å². The molecule has 0 aliphatic heterocycles. The van der Waals surface area contributed by atoms with Crippen molar-refractivity contribution in [1.82, 2.24) is 9.13 Å². The van der Waals surface area contributed by atoms with Gasteiger partial charge in [0, 0.05) is 66.5 Å². The van der Waals surface area contributed by atoms with Gasteiger partial charge in [-0.05, 0) is 66.2 Å². The van der Waals surface area contributed by atoms with Gasteiger partial charge in [-0.15, -0.1) is 0 Å². The molecular weight excluding hydrogens is 689 g/mol. The number of benzene rings is 8. The second kappa shape index (κ2) is 11.2. The predicted molar refractivity (Wildman–Crippen MR) is 226 cm³/mol. The van der Waals surface area contributed by atoms with Crippen LogP contribution in [0.1, 0.15) is 5.56 Å². The van der Waals surface area contributed by atoms with Gasteiger partial charge in [0.2, 0.25) is 0 Å². The minimum atomic E-state index is 0.493. The van der Waals surface area contributed by atoms with Crippen LogP contribution in [-0.4, -0.2) is 9.13 Å². The minimum absolute atomic E-state index is 0.493. The third-order valence-electron chi connectivity index (χ3n) is 11.3. The van der Waals surface area contributed by atoms with Crippen molar-refractivity contribution in [1.29, 1.82) is 5.26 Å². The van der Waals surface area contributed by atoms with Crippen LogP contribution in [0, 0.1) is 17.9 Å². The van der Waals surface area contributed by atoms with Crippen LogP contribution < -0.4 is 0 Å². The molecule has 0 amide bonds. The van der Waals surface area contributed by atoms with Crippen LogP contribution in [0.15, 0.2) is 167 Å². The Bertz CT molecular complexity index is 3750. The summed E-state index contributed by atoms with van der Waals surface area (Å²) in [6.07, 6.45) is 0. The lowest BCUT2D eigenvalue weighted by Crippen LogP contribution is -2.01. The van der Waals surface area contributed by atoms with Gasteiger partial charge in [-0.1, -0.05) is 84.9 Å². The Balaban J connectivity index is 1.15. The van der Waals surface area contributed by atoms with Gasteiger partial charge >= 0.3 is 0 Å². The molecule has 6 heteroatoms. The number of nitrogens with zero attached hydrogens (tertiary/aromatic N) is 4. The standard InChI is InChI=1S/C50H26N4O2/c1-52-31-21-30(22-32(23-31)53-42-17-6-2-12-34(42)38-24-40-36-14-4-8-19-46(36)55-48(40)26-44(38)53)33-16-10-11-29(28-51)50(33)54-43-18-7-3-13-35(43)39-25-41-37-15-5-9-20-47(37)56-49(41)27-45(39)54/h2-27H. The highest BCUT2D eigenvalue weighted by Crippen LogP contribution is 2.44. The minimum Gasteiger partial charge on any atom is -0.456 e. The van der Waals surface area contributed by atoms with E-state index in [2.05, 4.69) is 98.9 Å². The lowest BCUT2D eigenvalue weighted by Gasteiger charge is -2.17. The molecule has 258 valence electrons. The van der Waals surface area contributed by atoms with Gasteiger partial charge in [0.15, 0.2) is 5.69 Å². The van der Waals surface area contributed by atoms with Gasteiger partial charge in [0.05, 0.1) is 39.9 Å². The number of nitriles is 1. The van der Waals surface area contributed by atoms with Crippen LogP contribution in [0.4, 0.5) is 5.69 Å². The highest BCUT2D eigenvalue weighted by molar-refractivity contribution is 6.19. The maximum atomic E-state index is 10.7. The Morgan fingerprint density at radius 1 is 0.464 bits per heavy atom. The highest BCUT2D eigenvalue weighted by atomic mass is 16.3. The molecule has 0 atom stereocenters. The quantitative estimate of drug-likeness (QED) is 0.171. The summed E-state index contributed by atoms with van der Waals surface area (Å²) in [4.78, 5) is 3.99. The fourth-order valence-electron chi connectivity index (χ4n) is 8.95. The molecule has 0 aliphatic carbocycles. The lowest BCUT2D eigenvalue weighted by atomic mass is 9.98. The molecule has 0 aliphatic rings.